The summed E-state index contributed by atoms with van der Waals surface area (Å²) in [6.07, 6.45) is 1.76. The molecule has 2 rings (SSSR count). The molecule has 1 heterocycles. The van der Waals surface area contributed by atoms with Crippen LogP contribution < -0.4 is 10.6 Å². The predicted molar refractivity (Wildman–Crippen MR) is 82.9 cm³/mol. The lowest BCUT2D eigenvalue weighted by Gasteiger charge is -2.14. The van der Waals surface area contributed by atoms with Crippen molar-refractivity contribution in [2.24, 2.45) is 7.05 Å². The molecule has 0 spiro atoms. The summed E-state index contributed by atoms with van der Waals surface area (Å²) < 4.78 is 1.78. The summed E-state index contributed by atoms with van der Waals surface area (Å²) in [5.41, 5.74) is 3.57. The van der Waals surface area contributed by atoms with Crippen LogP contribution in [-0.2, 0) is 13.6 Å². The number of rotatable bonds is 4. The van der Waals surface area contributed by atoms with E-state index in [2.05, 4.69) is 21.8 Å². The molecule has 0 saturated carbocycles. The Kier molecular flexibility index (Phi) is 4.79. The van der Waals surface area contributed by atoms with Crippen molar-refractivity contribution < 1.29 is 4.79 Å². The van der Waals surface area contributed by atoms with Crippen LogP contribution in [0.5, 0.6) is 0 Å². The predicted octanol–water partition coefficient (Wildman–Crippen LogP) is 2.16. The van der Waals surface area contributed by atoms with Crippen molar-refractivity contribution in [3.63, 3.8) is 0 Å². The minimum Gasteiger partial charge on any atom is -0.334 e. The molecule has 1 aromatic carbocycles. The van der Waals surface area contributed by atoms with E-state index in [4.69, 9.17) is 5.26 Å². The van der Waals surface area contributed by atoms with Crippen molar-refractivity contribution in [1.29, 1.82) is 5.26 Å². The summed E-state index contributed by atoms with van der Waals surface area (Å²) in [6, 6.07) is 8.83. The third-order valence-corrected chi connectivity index (χ3v) is 3.62. The third kappa shape index (κ3) is 3.64. The van der Waals surface area contributed by atoms with Crippen molar-refractivity contribution in [1.82, 2.24) is 20.4 Å². The number of carbonyl (C=O) groups is 1. The molecule has 0 bridgehead atoms. The quantitative estimate of drug-likeness (QED) is 0.907. The first-order valence-corrected chi connectivity index (χ1v) is 7.03. The van der Waals surface area contributed by atoms with Crippen LogP contribution in [0.25, 0.3) is 0 Å². The van der Waals surface area contributed by atoms with Gasteiger partial charge in [-0.3, -0.25) is 4.68 Å². The maximum absolute atomic E-state index is 11.9. The number of carbonyl (C=O) groups excluding carboxylic acids is 1. The normalized spacial score (nSPS) is 11.5. The first kappa shape index (κ1) is 15.6. The van der Waals surface area contributed by atoms with Crippen LogP contribution in [0.2, 0.25) is 0 Å². The van der Waals surface area contributed by atoms with Gasteiger partial charge in [-0.25, -0.2) is 4.79 Å². The molecule has 114 valence electrons. The molecule has 6 heteroatoms. The highest BCUT2D eigenvalue weighted by Gasteiger charge is 2.14. The maximum atomic E-state index is 11.9. The largest absolute Gasteiger partial charge is 0.334 e. The Hall–Kier alpha value is -2.81. The van der Waals surface area contributed by atoms with Gasteiger partial charge in [-0.15, -0.1) is 0 Å². The van der Waals surface area contributed by atoms with Gasteiger partial charge in [0.1, 0.15) is 0 Å². The average Bonchev–Trinajstić information content (AvgIpc) is 2.85. The molecule has 2 N–H and O–H groups in total. The molecular weight excluding hydrogens is 278 g/mol. The highest BCUT2D eigenvalue weighted by molar-refractivity contribution is 5.74. The Morgan fingerprint density at radius 3 is 2.64 bits per heavy atom. The molecule has 0 aliphatic heterocycles. The van der Waals surface area contributed by atoms with E-state index < -0.39 is 0 Å². The topological polar surface area (TPSA) is 82.7 Å². The number of urea groups is 1. The highest BCUT2D eigenvalue weighted by atomic mass is 16.2. The van der Waals surface area contributed by atoms with E-state index in [1.54, 1.807) is 23.0 Å². The molecule has 1 aromatic heterocycles. The summed E-state index contributed by atoms with van der Waals surface area (Å²) >= 11 is 0. The first-order valence-electron chi connectivity index (χ1n) is 7.03. The molecule has 2 amide bonds. The lowest BCUT2D eigenvalue weighted by Crippen LogP contribution is -2.36. The van der Waals surface area contributed by atoms with Crippen LogP contribution in [0.3, 0.4) is 0 Å². The number of hydrogen-bond donors (Lipinski definition) is 2. The lowest BCUT2D eigenvalue weighted by atomic mass is 10.1. The molecule has 6 nitrogen and oxygen atoms in total. The van der Waals surface area contributed by atoms with Crippen LogP contribution >= 0.6 is 0 Å². The van der Waals surface area contributed by atoms with Gasteiger partial charge < -0.3 is 10.6 Å². The molecule has 2 aromatic rings. The smallest absolute Gasteiger partial charge is 0.315 e. The molecule has 0 aliphatic carbocycles. The fourth-order valence-electron chi connectivity index (χ4n) is 2.15. The number of amides is 2. The van der Waals surface area contributed by atoms with Crippen molar-refractivity contribution in [3.05, 3.63) is 52.8 Å². The van der Waals surface area contributed by atoms with Gasteiger partial charge in [-0.05, 0) is 31.5 Å². The van der Waals surface area contributed by atoms with Gasteiger partial charge in [-0.1, -0.05) is 12.1 Å². The Bertz CT molecular complexity index is 696. The molecule has 0 saturated heterocycles. The number of nitriles is 1. The van der Waals surface area contributed by atoms with Crippen molar-refractivity contribution in [2.45, 2.75) is 26.4 Å². The van der Waals surface area contributed by atoms with Gasteiger partial charge in [0.05, 0.1) is 23.9 Å². The standard InChI is InChI=1S/C16H19N5O/c1-11(15-10-19-21(3)12(15)2)20-16(22)18-9-14-6-4-13(8-17)5-7-14/h4-7,10-11H,9H2,1-3H3,(H2,18,20,22). The van der Waals surface area contributed by atoms with E-state index in [0.29, 0.717) is 12.1 Å². The number of nitrogens with zero attached hydrogens (tertiary/aromatic N) is 3. The summed E-state index contributed by atoms with van der Waals surface area (Å²) in [5, 5.41) is 18.6. The SMILES string of the molecule is Cc1c(C(C)NC(=O)NCc2ccc(C#N)cc2)cnn1C. The second-order valence-electron chi connectivity index (χ2n) is 5.17. The molecule has 0 aliphatic rings. The van der Waals surface area contributed by atoms with Gasteiger partial charge in [0, 0.05) is 24.8 Å². The number of nitrogens with one attached hydrogen (secondary N) is 2. The summed E-state index contributed by atoms with van der Waals surface area (Å²) in [7, 11) is 1.87. The van der Waals surface area contributed by atoms with Crippen molar-refractivity contribution in [3.8, 4) is 6.07 Å². The van der Waals surface area contributed by atoms with Crippen LogP contribution in [0.15, 0.2) is 30.5 Å². The minimum absolute atomic E-state index is 0.116. The van der Waals surface area contributed by atoms with Gasteiger partial charge in [0.2, 0.25) is 0 Å². The number of aromatic nitrogens is 2. The zero-order valence-electron chi connectivity index (χ0n) is 12.9. The van der Waals surface area contributed by atoms with E-state index in [9.17, 15) is 4.79 Å². The van der Waals surface area contributed by atoms with Crippen LogP contribution in [0.4, 0.5) is 4.79 Å². The molecule has 0 fully saturated rings. The summed E-state index contributed by atoms with van der Waals surface area (Å²) in [5.74, 6) is 0. The number of benzene rings is 1. The second-order valence-corrected chi connectivity index (χ2v) is 5.17. The highest BCUT2D eigenvalue weighted by Crippen LogP contribution is 2.15. The van der Waals surface area contributed by atoms with Gasteiger partial charge in [-0.2, -0.15) is 10.4 Å². The molecule has 1 atom stereocenters. The number of hydrogen-bond acceptors (Lipinski definition) is 3. The second kappa shape index (κ2) is 6.76. The zero-order chi connectivity index (χ0) is 16.1. The lowest BCUT2D eigenvalue weighted by molar-refractivity contribution is 0.237. The first-order chi connectivity index (χ1) is 10.5. The van der Waals surface area contributed by atoms with Crippen molar-refractivity contribution in [2.75, 3.05) is 0 Å². The Balaban J connectivity index is 1.87. The number of aryl methyl sites for hydroxylation is 1. The summed E-state index contributed by atoms with van der Waals surface area (Å²) in [6.45, 7) is 4.30. The molecule has 22 heavy (non-hydrogen) atoms. The molecular formula is C16H19N5O. The van der Waals surface area contributed by atoms with Gasteiger partial charge in [0.25, 0.3) is 0 Å². The fraction of sp³-hybridized carbons (Fsp3) is 0.312. The van der Waals surface area contributed by atoms with Crippen LogP contribution in [0, 0.1) is 18.3 Å². The Labute approximate surface area is 129 Å². The van der Waals surface area contributed by atoms with Crippen LogP contribution in [-0.4, -0.2) is 15.8 Å². The van der Waals surface area contributed by atoms with E-state index in [0.717, 1.165) is 16.8 Å². The molecule has 0 radical (unpaired) electrons. The average molecular weight is 297 g/mol. The molecule has 1 unspecified atom stereocenters. The van der Waals surface area contributed by atoms with E-state index in [1.807, 2.05) is 33.0 Å². The monoisotopic (exact) mass is 297 g/mol. The maximum Gasteiger partial charge on any atom is 0.315 e. The van der Waals surface area contributed by atoms with Gasteiger partial charge in [0.15, 0.2) is 0 Å². The van der Waals surface area contributed by atoms with Crippen LogP contribution in [0.1, 0.15) is 35.3 Å². The fourth-order valence-corrected chi connectivity index (χ4v) is 2.15. The minimum atomic E-state index is -0.236. The zero-order valence-corrected chi connectivity index (χ0v) is 12.9. The van der Waals surface area contributed by atoms with E-state index in [-0.39, 0.29) is 12.1 Å². The summed E-state index contributed by atoms with van der Waals surface area (Å²) in [4.78, 5) is 11.9. The van der Waals surface area contributed by atoms with E-state index >= 15 is 0 Å². The van der Waals surface area contributed by atoms with Crippen molar-refractivity contribution >= 4 is 6.03 Å². The van der Waals surface area contributed by atoms with E-state index in [1.165, 1.54) is 0 Å². The Morgan fingerprint density at radius 2 is 2.09 bits per heavy atom. The Morgan fingerprint density at radius 1 is 1.41 bits per heavy atom. The third-order valence-electron chi connectivity index (χ3n) is 3.62. The van der Waals surface area contributed by atoms with Gasteiger partial charge >= 0.3 is 6.03 Å².